The molecule has 0 radical (unpaired) electrons. The Morgan fingerprint density at radius 3 is 2.65 bits per heavy atom. The van der Waals surface area contributed by atoms with Crippen LogP contribution in [0.5, 0.6) is 0 Å². The molecule has 1 aliphatic rings. The fourth-order valence-electron chi connectivity index (χ4n) is 4.33. The normalized spacial score (nSPS) is 17.1. The molecule has 0 bridgehead atoms. The molecule has 9 nitrogen and oxygen atoms in total. The van der Waals surface area contributed by atoms with E-state index >= 15 is 0 Å². The fraction of sp³-hybridized carbons (Fsp3) is 0.227. The molecule has 0 amide bonds. The Hall–Kier alpha value is -3.20. The molecular formula is C22H23ClN8OS2. The first kappa shape index (κ1) is 25.4. The number of anilines is 2. The molecule has 3 aromatic heterocycles. The van der Waals surface area contributed by atoms with Gasteiger partial charge in [-0.15, -0.1) is 0 Å². The standard InChI is InChI=1S/C22H19ClN8O.2H2S/c1-13-7-9-29(19-14(11-24)12-26-22(25)27-19)17(13)20-28-30-10-8-16(23)18(30)21(32)31(20)15-5-3-2-4-6-15;;/h2-6,8,10,12-13,17H,7,9H2,1H3,(H2,25,26,27);2*1H2/t13-,17?;;/m0../s1. The quantitative estimate of drug-likeness (QED) is 0.446. The molecule has 1 unspecified atom stereocenters. The Balaban J connectivity index is 0.00000162. The number of nitrogens with zero attached hydrogens (tertiary/aromatic N) is 7. The SMILES string of the molecule is C[C@H]1CCN(c2nc(N)ncc2C#N)C1c1nn2ccc(Cl)c2c(=O)n1-c1ccccc1.S.S. The summed E-state index contributed by atoms with van der Waals surface area (Å²) in [6, 6.07) is 12.8. The van der Waals surface area contributed by atoms with Crippen LogP contribution < -0.4 is 16.2 Å². The van der Waals surface area contributed by atoms with Gasteiger partial charge in [0.1, 0.15) is 17.1 Å². The Labute approximate surface area is 214 Å². The first-order valence-electron chi connectivity index (χ1n) is 10.1. The van der Waals surface area contributed by atoms with Gasteiger partial charge < -0.3 is 10.6 Å². The van der Waals surface area contributed by atoms with Crippen LogP contribution in [-0.2, 0) is 0 Å². The van der Waals surface area contributed by atoms with E-state index in [0.717, 1.165) is 6.42 Å². The number of rotatable bonds is 3. The lowest BCUT2D eigenvalue weighted by Gasteiger charge is -2.29. The van der Waals surface area contributed by atoms with Gasteiger partial charge in [-0.3, -0.25) is 9.36 Å². The molecule has 12 heteroatoms. The van der Waals surface area contributed by atoms with Gasteiger partial charge in [0.25, 0.3) is 5.56 Å². The molecule has 0 aliphatic carbocycles. The summed E-state index contributed by atoms with van der Waals surface area (Å²) in [7, 11) is 0. The van der Waals surface area contributed by atoms with Crippen molar-refractivity contribution in [2.75, 3.05) is 17.2 Å². The Kier molecular flexibility index (Phi) is 7.45. The Bertz CT molecular complexity index is 1430. The highest BCUT2D eigenvalue weighted by Crippen LogP contribution is 2.40. The topological polar surface area (TPSA) is 118 Å². The molecule has 1 aromatic carbocycles. The third-order valence-electron chi connectivity index (χ3n) is 5.82. The molecule has 1 saturated heterocycles. The number of nitrogens with two attached hydrogens (primary N) is 1. The summed E-state index contributed by atoms with van der Waals surface area (Å²) >= 11 is 6.31. The Morgan fingerprint density at radius 1 is 1.21 bits per heavy atom. The van der Waals surface area contributed by atoms with Gasteiger partial charge in [-0.1, -0.05) is 36.7 Å². The largest absolute Gasteiger partial charge is 0.368 e. The number of benzene rings is 1. The summed E-state index contributed by atoms with van der Waals surface area (Å²) in [5.74, 6) is 1.18. The van der Waals surface area contributed by atoms with Gasteiger partial charge in [0.2, 0.25) is 5.95 Å². The van der Waals surface area contributed by atoms with E-state index in [1.54, 1.807) is 16.8 Å². The van der Waals surface area contributed by atoms with Gasteiger partial charge in [-0.25, -0.2) is 9.50 Å². The average molecular weight is 515 g/mol. The van der Waals surface area contributed by atoms with Crippen LogP contribution in [0, 0.1) is 17.2 Å². The third kappa shape index (κ3) is 4.09. The first-order chi connectivity index (χ1) is 15.5. The highest BCUT2D eigenvalue weighted by molar-refractivity contribution is 7.59. The summed E-state index contributed by atoms with van der Waals surface area (Å²) in [4.78, 5) is 23.9. The maximum atomic E-state index is 13.6. The summed E-state index contributed by atoms with van der Waals surface area (Å²) in [6.07, 6.45) is 3.92. The molecule has 0 spiro atoms. The molecule has 2 atom stereocenters. The fourth-order valence-corrected chi connectivity index (χ4v) is 4.55. The van der Waals surface area contributed by atoms with Gasteiger partial charge in [0, 0.05) is 12.7 Å². The number of fused-ring (bicyclic) bond motifs is 1. The molecule has 5 rings (SSSR count). The van der Waals surface area contributed by atoms with E-state index < -0.39 is 0 Å². The van der Waals surface area contributed by atoms with Crippen LogP contribution in [-0.4, -0.2) is 30.7 Å². The summed E-state index contributed by atoms with van der Waals surface area (Å²) in [5.41, 5.74) is 6.88. The number of hydrogen-bond acceptors (Lipinski definition) is 7. The van der Waals surface area contributed by atoms with Gasteiger partial charge in [0.05, 0.1) is 22.9 Å². The van der Waals surface area contributed by atoms with Crippen molar-refractivity contribution in [1.82, 2.24) is 24.1 Å². The van der Waals surface area contributed by atoms with Gasteiger partial charge in [-0.2, -0.15) is 42.3 Å². The minimum atomic E-state index is -0.324. The molecule has 0 saturated carbocycles. The maximum Gasteiger partial charge on any atom is 0.284 e. The van der Waals surface area contributed by atoms with Crippen molar-refractivity contribution < 1.29 is 0 Å². The van der Waals surface area contributed by atoms with E-state index in [2.05, 4.69) is 23.0 Å². The average Bonchev–Trinajstić information content (AvgIpc) is 3.36. The number of nitriles is 1. The minimum Gasteiger partial charge on any atom is -0.368 e. The summed E-state index contributed by atoms with van der Waals surface area (Å²) < 4.78 is 3.11. The third-order valence-corrected chi connectivity index (χ3v) is 6.13. The molecule has 4 aromatic rings. The molecule has 176 valence electrons. The van der Waals surface area contributed by atoms with Crippen LogP contribution in [0.1, 0.15) is 30.8 Å². The lowest BCUT2D eigenvalue weighted by molar-refractivity contribution is 0.484. The zero-order chi connectivity index (χ0) is 22.4. The molecule has 1 aliphatic heterocycles. The lowest BCUT2D eigenvalue weighted by atomic mass is 10.0. The highest BCUT2D eigenvalue weighted by atomic mass is 35.5. The lowest BCUT2D eigenvalue weighted by Crippen LogP contribution is -2.35. The van der Waals surface area contributed by atoms with Gasteiger partial charge >= 0.3 is 0 Å². The number of hydrogen-bond donors (Lipinski definition) is 1. The van der Waals surface area contributed by atoms with E-state index in [1.165, 1.54) is 10.7 Å². The van der Waals surface area contributed by atoms with Crippen molar-refractivity contribution in [2.45, 2.75) is 19.4 Å². The van der Waals surface area contributed by atoms with Crippen molar-refractivity contribution in [3.8, 4) is 11.8 Å². The number of nitrogen functional groups attached to an aromatic ring is 1. The van der Waals surface area contributed by atoms with E-state index in [1.807, 2.05) is 35.2 Å². The minimum absolute atomic E-state index is 0. The second-order valence-corrected chi connectivity index (χ2v) is 8.18. The second-order valence-electron chi connectivity index (χ2n) is 7.77. The van der Waals surface area contributed by atoms with Crippen LogP contribution in [0.2, 0.25) is 5.02 Å². The summed E-state index contributed by atoms with van der Waals surface area (Å²) in [5, 5.41) is 14.8. The Morgan fingerprint density at radius 2 is 1.94 bits per heavy atom. The number of aromatic nitrogens is 5. The van der Waals surface area contributed by atoms with E-state index in [0.29, 0.717) is 40.0 Å². The van der Waals surface area contributed by atoms with Crippen molar-refractivity contribution in [3.63, 3.8) is 0 Å². The van der Waals surface area contributed by atoms with Crippen LogP contribution >= 0.6 is 38.6 Å². The van der Waals surface area contributed by atoms with E-state index in [4.69, 9.17) is 22.4 Å². The smallest absolute Gasteiger partial charge is 0.284 e. The van der Waals surface area contributed by atoms with Gasteiger partial charge in [0.15, 0.2) is 11.6 Å². The second kappa shape index (κ2) is 9.97. The number of halogens is 1. The van der Waals surface area contributed by atoms with Crippen molar-refractivity contribution >= 4 is 55.9 Å². The molecule has 2 N–H and O–H groups in total. The van der Waals surface area contributed by atoms with Crippen molar-refractivity contribution in [3.05, 3.63) is 75.6 Å². The van der Waals surface area contributed by atoms with Crippen molar-refractivity contribution in [2.24, 2.45) is 5.92 Å². The molecular weight excluding hydrogens is 492 g/mol. The van der Waals surface area contributed by atoms with Crippen LogP contribution in [0.25, 0.3) is 11.2 Å². The molecule has 34 heavy (non-hydrogen) atoms. The van der Waals surface area contributed by atoms with Crippen LogP contribution in [0.15, 0.2) is 53.6 Å². The predicted octanol–water partition coefficient (Wildman–Crippen LogP) is 3.20. The monoisotopic (exact) mass is 514 g/mol. The molecule has 4 heterocycles. The van der Waals surface area contributed by atoms with E-state index in [-0.39, 0.29) is 50.5 Å². The molecule has 1 fully saturated rings. The van der Waals surface area contributed by atoms with Crippen molar-refractivity contribution in [1.29, 1.82) is 5.26 Å². The van der Waals surface area contributed by atoms with Crippen LogP contribution in [0.3, 0.4) is 0 Å². The van der Waals surface area contributed by atoms with Gasteiger partial charge in [-0.05, 0) is 30.5 Å². The predicted molar refractivity (Wildman–Crippen MR) is 142 cm³/mol. The first-order valence-corrected chi connectivity index (χ1v) is 10.5. The summed E-state index contributed by atoms with van der Waals surface area (Å²) in [6.45, 7) is 2.72. The zero-order valence-corrected chi connectivity index (χ0v) is 20.9. The number of para-hydroxylation sites is 1. The zero-order valence-electron chi connectivity index (χ0n) is 18.2. The van der Waals surface area contributed by atoms with Crippen LogP contribution in [0.4, 0.5) is 11.8 Å². The maximum absolute atomic E-state index is 13.6. The van der Waals surface area contributed by atoms with E-state index in [9.17, 15) is 10.1 Å². The highest BCUT2D eigenvalue weighted by Gasteiger charge is 2.38.